The van der Waals surface area contributed by atoms with Gasteiger partial charge in [0, 0.05) is 4.47 Å². The third-order valence-corrected chi connectivity index (χ3v) is 5.58. The molecule has 0 aromatic heterocycles. The molecule has 26 heavy (non-hydrogen) atoms. The summed E-state index contributed by atoms with van der Waals surface area (Å²) in [6.07, 6.45) is 1.86. The number of hydrogen-bond acceptors (Lipinski definition) is 3. The quantitative estimate of drug-likeness (QED) is 0.470. The number of carbonyl (C=O) groups excluding carboxylic acids is 1. The summed E-state index contributed by atoms with van der Waals surface area (Å²) < 4.78 is 0.895. The number of halogens is 2. The summed E-state index contributed by atoms with van der Waals surface area (Å²) in [6.45, 7) is 0. The standard InChI is InChI=1S/C20H12BrClN2OS/c21-15-7-8-16(22)17(11-15)23-20-24-19(25)18(26-20)10-12-5-6-13-3-1-2-4-14(13)9-12/h1-11H,(H,23,24,25). The van der Waals surface area contributed by atoms with Crippen LogP contribution >= 0.6 is 39.3 Å². The van der Waals surface area contributed by atoms with Crippen LogP contribution in [0, 0.1) is 0 Å². The fourth-order valence-corrected chi connectivity index (χ4v) is 3.97. The van der Waals surface area contributed by atoms with Gasteiger partial charge in [-0.1, -0.05) is 63.9 Å². The number of benzene rings is 3. The van der Waals surface area contributed by atoms with Crippen molar-refractivity contribution >= 4 is 72.9 Å². The van der Waals surface area contributed by atoms with Gasteiger partial charge in [0.1, 0.15) is 0 Å². The van der Waals surface area contributed by atoms with Crippen LogP contribution in [-0.4, -0.2) is 11.1 Å². The molecule has 1 N–H and O–H groups in total. The van der Waals surface area contributed by atoms with Crippen molar-refractivity contribution in [2.24, 2.45) is 4.99 Å². The van der Waals surface area contributed by atoms with Gasteiger partial charge in [-0.05, 0) is 58.4 Å². The predicted molar refractivity (Wildman–Crippen MR) is 115 cm³/mol. The van der Waals surface area contributed by atoms with Gasteiger partial charge < -0.3 is 5.32 Å². The Labute approximate surface area is 168 Å². The zero-order valence-corrected chi connectivity index (χ0v) is 16.5. The number of amides is 1. The lowest BCUT2D eigenvalue weighted by molar-refractivity contribution is -0.113. The number of fused-ring (bicyclic) bond motifs is 1. The Morgan fingerprint density at radius 1 is 1.04 bits per heavy atom. The predicted octanol–water partition coefficient (Wildman–Crippen LogP) is 6.34. The second kappa shape index (κ2) is 7.27. The molecule has 1 amide bonds. The highest BCUT2D eigenvalue weighted by molar-refractivity contribution is 9.10. The first-order valence-electron chi connectivity index (χ1n) is 7.82. The van der Waals surface area contributed by atoms with E-state index < -0.39 is 0 Å². The highest BCUT2D eigenvalue weighted by Gasteiger charge is 2.22. The van der Waals surface area contributed by atoms with Gasteiger partial charge in [-0.2, -0.15) is 4.99 Å². The SMILES string of the molecule is O=C1N=C(Nc2cc(Br)ccc2Cl)SC1=Cc1ccc2ccccc2c1. The molecule has 128 valence electrons. The Morgan fingerprint density at radius 2 is 1.85 bits per heavy atom. The van der Waals surface area contributed by atoms with E-state index >= 15 is 0 Å². The molecule has 0 saturated carbocycles. The van der Waals surface area contributed by atoms with Gasteiger partial charge in [-0.25, -0.2) is 0 Å². The molecule has 0 spiro atoms. The van der Waals surface area contributed by atoms with Crippen molar-refractivity contribution in [1.29, 1.82) is 0 Å². The summed E-state index contributed by atoms with van der Waals surface area (Å²) in [5.41, 5.74) is 1.67. The maximum atomic E-state index is 12.2. The topological polar surface area (TPSA) is 41.5 Å². The van der Waals surface area contributed by atoms with Crippen LogP contribution in [0.15, 0.2) is 75.0 Å². The van der Waals surface area contributed by atoms with E-state index in [1.54, 1.807) is 6.07 Å². The summed E-state index contributed by atoms with van der Waals surface area (Å²) in [7, 11) is 0. The van der Waals surface area contributed by atoms with E-state index in [1.165, 1.54) is 17.1 Å². The summed E-state index contributed by atoms with van der Waals surface area (Å²) in [5.74, 6) is -0.253. The van der Waals surface area contributed by atoms with Crippen molar-refractivity contribution in [3.63, 3.8) is 0 Å². The van der Waals surface area contributed by atoms with Crippen LogP contribution in [0.1, 0.15) is 5.56 Å². The zero-order valence-electron chi connectivity index (χ0n) is 13.4. The molecule has 1 aliphatic rings. The third-order valence-electron chi connectivity index (χ3n) is 3.86. The molecule has 3 aromatic carbocycles. The zero-order chi connectivity index (χ0) is 18.1. The Morgan fingerprint density at radius 3 is 2.69 bits per heavy atom. The lowest BCUT2D eigenvalue weighted by Gasteiger charge is -2.07. The minimum absolute atomic E-state index is 0.253. The number of amidine groups is 1. The molecule has 0 bridgehead atoms. The Hall–Kier alpha value is -2.08. The first kappa shape index (κ1) is 17.3. The van der Waals surface area contributed by atoms with E-state index in [0.717, 1.165) is 15.4 Å². The largest absolute Gasteiger partial charge is 0.333 e. The van der Waals surface area contributed by atoms with Gasteiger partial charge in [0.15, 0.2) is 5.17 Å². The van der Waals surface area contributed by atoms with Gasteiger partial charge in [0.2, 0.25) is 0 Å². The number of anilines is 1. The van der Waals surface area contributed by atoms with Crippen molar-refractivity contribution in [2.75, 3.05) is 5.32 Å². The van der Waals surface area contributed by atoms with Crippen LogP contribution in [0.5, 0.6) is 0 Å². The summed E-state index contributed by atoms with van der Waals surface area (Å²) in [4.78, 5) is 16.9. The van der Waals surface area contributed by atoms with E-state index in [1.807, 2.05) is 42.5 Å². The number of carbonyl (C=O) groups is 1. The Kier molecular flexibility index (Phi) is 4.85. The maximum absolute atomic E-state index is 12.2. The fourth-order valence-electron chi connectivity index (χ4n) is 2.62. The summed E-state index contributed by atoms with van der Waals surface area (Å²) >= 11 is 10.9. The highest BCUT2D eigenvalue weighted by atomic mass is 79.9. The van der Waals surface area contributed by atoms with Crippen LogP contribution < -0.4 is 5.32 Å². The lowest BCUT2D eigenvalue weighted by atomic mass is 10.1. The van der Waals surface area contributed by atoms with Gasteiger partial charge in [0.05, 0.1) is 15.6 Å². The number of nitrogens with one attached hydrogen (secondary N) is 1. The van der Waals surface area contributed by atoms with Crippen LogP contribution in [0.2, 0.25) is 5.02 Å². The first-order chi connectivity index (χ1) is 12.6. The number of nitrogens with zero attached hydrogens (tertiary/aromatic N) is 1. The number of rotatable bonds is 2. The molecule has 0 radical (unpaired) electrons. The van der Waals surface area contributed by atoms with Gasteiger partial charge in [-0.15, -0.1) is 0 Å². The smallest absolute Gasteiger partial charge is 0.286 e. The summed E-state index contributed by atoms with van der Waals surface area (Å²) in [6, 6.07) is 19.7. The fraction of sp³-hybridized carbons (Fsp3) is 0. The first-order valence-corrected chi connectivity index (χ1v) is 9.81. The van der Waals surface area contributed by atoms with E-state index in [2.05, 4.69) is 44.4 Å². The molecule has 1 aliphatic heterocycles. The second-order valence-corrected chi connectivity index (χ2v) is 8.04. The highest BCUT2D eigenvalue weighted by Crippen LogP contribution is 2.32. The normalized spacial score (nSPS) is 15.5. The molecule has 0 aliphatic carbocycles. The van der Waals surface area contributed by atoms with E-state index in [4.69, 9.17) is 11.6 Å². The second-order valence-electron chi connectivity index (χ2n) is 5.69. The molecule has 0 fully saturated rings. The molecule has 6 heteroatoms. The third kappa shape index (κ3) is 3.70. The van der Waals surface area contributed by atoms with Crippen LogP contribution in [-0.2, 0) is 4.79 Å². The minimum Gasteiger partial charge on any atom is -0.333 e. The van der Waals surface area contributed by atoms with Crippen molar-refractivity contribution in [3.8, 4) is 0 Å². The van der Waals surface area contributed by atoms with Gasteiger partial charge >= 0.3 is 0 Å². The molecule has 0 atom stereocenters. The Bertz CT molecular complexity index is 1090. The van der Waals surface area contributed by atoms with Crippen molar-refractivity contribution in [2.45, 2.75) is 0 Å². The number of thioether (sulfide) groups is 1. The van der Waals surface area contributed by atoms with Crippen molar-refractivity contribution < 1.29 is 4.79 Å². The van der Waals surface area contributed by atoms with Crippen molar-refractivity contribution in [1.82, 2.24) is 0 Å². The molecule has 3 nitrogen and oxygen atoms in total. The monoisotopic (exact) mass is 442 g/mol. The molecule has 4 rings (SSSR count). The summed E-state index contributed by atoms with van der Waals surface area (Å²) in [5, 5.41) is 6.50. The number of aliphatic imine (C=N–C) groups is 1. The Balaban J connectivity index is 1.56. The molecule has 0 saturated heterocycles. The lowest BCUT2D eigenvalue weighted by Crippen LogP contribution is -2.05. The maximum Gasteiger partial charge on any atom is 0.286 e. The van der Waals surface area contributed by atoms with Crippen LogP contribution in [0.4, 0.5) is 5.69 Å². The van der Waals surface area contributed by atoms with Crippen LogP contribution in [0.3, 0.4) is 0 Å². The van der Waals surface area contributed by atoms with E-state index in [-0.39, 0.29) is 5.91 Å². The molecular formula is C20H12BrClN2OS. The molecular weight excluding hydrogens is 432 g/mol. The van der Waals surface area contributed by atoms with E-state index in [0.29, 0.717) is 20.8 Å². The average molecular weight is 444 g/mol. The average Bonchev–Trinajstić information content (AvgIpc) is 2.97. The molecule has 3 aromatic rings. The van der Waals surface area contributed by atoms with Crippen LogP contribution in [0.25, 0.3) is 16.8 Å². The van der Waals surface area contributed by atoms with E-state index in [9.17, 15) is 4.79 Å². The van der Waals surface area contributed by atoms with Gasteiger partial charge in [0.25, 0.3) is 5.91 Å². The van der Waals surface area contributed by atoms with Gasteiger partial charge in [-0.3, -0.25) is 4.79 Å². The minimum atomic E-state index is -0.253. The van der Waals surface area contributed by atoms with Crippen molar-refractivity contribution in [3.05, 3.63) is 80.6 Å². The molecule has 0 unspecified atom stereocenters. The molecule has 1 heterocycles. The number of hydrogen-bond donors (Lipinski definition) is 1.